The van der Waals surface area contributed by atoms with Crippen LogP contribution in [0.3, 0.4) is 0 Å². The maximum atomic E-state index is 11.2. The van der Waals surface area contributed by atoms with E-state index in [1.165, 1.54) is 6.33 Å². The Hall–Kier alpha value is -0.630. The summed E-state index contributed by atoms with van der Waals surface area (Å²) < 4.78 is 5.85. The van der Waals surface area contributed by atoms with Crippen LogP contribution in [0.5, 0.6) is 5.88 Å². The maximum absolute atomic E-state index is 11.2. The van der Waals surface area contributed by atoms with Gasteiger partial charge in [0.25, 0.3) is 5.56 Å². The first-order valence-electron chi connectivity index (χ1n) is 4.82. The van der Waals surface area contributed by atoms with Crippen LogP contribution in [0, 0.1) is 3.57 Å². The number of hydrogen-bond donors (Lipinski definition) is 2. The predicted octanol–water partition coefficient (Wildman–Crippen LogP) is 0.753. The van der Waals surface area contributed by atoms with Crippen LogP contribution < -0.4 is 15.6 Å². The highest BCUT2D eigenvalue weighted by Crippen LogP contribution is 2.10. The summed E-state index contributed by atoms with van der Waals surface area (Å²) in [6, 6.07) is 0. The summed E-state index contributed by atoms with van der Waals surface area (Å²) in [6.07, 6.45) is 2.44. The summed E-state index contributed by atoms with van der Waals surface area (Å²) in [7, 11) is 0. The Bertz CT molecular complexity index is 353. The van der Waals surface area contributed by atoms with E-state index < -0.39 is 0 Å². The SMILES string of the molecule is CCCNCCOc1nc[nH]c(=O)c1I. The fourth-order valence-electron chi connectivity index (χ4n) is 0.989. The summed E-state index contributed by atoms with van der Waals surface area (Å²) in [4.78, 5) is 17.6. The highest BCUT2D eigenvalue weighted by molar-refractivity contribution is 14.1. The van der Waals surface area contributed by atoms with Crippen molar-refractivity contribution in [2.24, 2.45) is 0 Å². The normalized spacial score (nSPS) is 10.3. The molecule has 0 radical (unpaired) electrons. The smallest absolute Gasteiger partial charge is 0.268 e. The number of rotatable bonds is 6. The van der Waals surface area contributed by atoms with Crippen molar-refractivity contribution >= 4 is 22.6 Å². The molecule has 0 saturated carbocycles. The molecule has 0 aliphatic carbocycles. The Morgan fingerprint density at radius 2 is 2.40 bits per heavy atom. The maximum Gasteiger partial charge on any atom is 0.268 e. The van der Waals surface area contributed by atoms with Crippen LogP contribution in [0.2, 0.25) is 0 Å². The fourth-order valence-corrected chi connectivity index (χ4v) is 1.44. The molecule has 15 heavy (non-hydrogen) atoms. The lowest BCUT2D eigenvalue weighted by atomic mass is 10.5. The molecule has 1 heterocycles. The second kappa shape index (κ2) is 6.78. The van der Waals surface area contributed by atoms with Gasteiger partial charge in [0.05, 0.1) is 6.33 Å². The molecule has 0 saturated heterocycles. The number of halogens is 1. The Balaban J connectivity index is 2.38. The molecule has 2 N–H and O–H groups in total. The van der Waals surface area contributed by atoms with Gasteiger partial charge in [0, 0.05) is 6.54 Å². The van der Waals surface area contributed by atoms with Gasteiger partial charge in [-0.1, -0.05) is 6.92 Å². The molecule has 0 spiro atoms. The largest absolute Gasteiger partial charge is 0.475 e. The predicted molar refractivity (Wildman–Crippen MR) is 66.2 cm³/mol. The average molecular weight is 323 g/mol. The lowest BCUT2D eigenvalue weighted by Gasteiger charge is -2.06. The zero-order chi connectivity index (χ0) is 11.1. The van der Waals surface area contributed by atoms with E-state index in [-0.39, 0.29) is 5.56 Å². The first-order valence-corrected chi connectivity index (χ1v) is 5.90. The van der Waals surface area contributed by atoms with Gasteiger partial charge in [-0.05, 0) is 35.6 Å². The van der Waals surface area contributed by atoms with E-state index in [2.05, 4.69) is 22.2 Å². The van der Waals surface area contributed by atoms with Crippen LogP contribution in [0.25, 0.3) is 0 Å². The minimum Gasteiger partial charge on any atom is -0.475 e. The van der Waals surface area contributed by atoms with E-state index >= 15 is 0 Å². The molecule has 0 amide bonds. The van der Waals surface area contributed by atoms with Crippen LogP contribution in [-0.4, -0.2) is 29.7 Å². The molecular weight excluding hydrogens is 309 g/mol. The van der Waals surface area contributed by atoms with Crippen molar-refractivity contribution in [1.82, 2.24) is 15.3 Å². The number of aromatic nitrogens is 2. The summed E-state index contributed by atoms with van der Waals surface area (Å²) in [6.45, 7) is 4.36. The minimum absolute atomic E-state index is 0.165. The third-order valence-electron chi connectivity index (χ3n) is 1.71. The molecule has 1 aromatic heterocycles. The van der Waals surface area contributed by atoms with Crippen molar-refractivity contribution < 1.29 is 4.74 Å². The standard InChI is InChI=1S/C9H14IN3O2/c1-2-3-11-4-5-15-9-7(10)8(14)12-6-13-9/h6,11H,2-5H2,1H3,(H,12,13,14). The second-order valence-corrected chi connectivity index (χ2v) is 4.03. The summed E-state index contributed by atoms with van der Waals surface area (Å²) >= 11 is 1.92. The molecule has 0 atom stereocenters. The van der Waals surface area contributed by atoms with E-state index in [0.717, 1.165) is 19.5 Å². The van der Waals surface area contributed by atoms with Crippen molar-refractivity contribution in [1.29, 1.82) is 0 Å². The number of nitrogens with zero attached hydrogens (tertiary/aromatic N) is 1. The third kappa shape index (κ3) is 4.17. The zero-order valence-corrected chi connectivity index (χ0v) is 10.7. The van der Waals surface area contributed by atoms with Crippen LogP contribution in [-0.2, 0) is 0 Å². The molecule has 5 nitrogen and oxygen atoms in total. The molecule has 0 bridgehead atoms. The molecule has 0 aliphatic heterocycles. The molecule has 1 aromatic rings. The van der Waals surface area contributed by atoms with E-state index in [1.54, 1.807) is 0 Å². The molecule has 6 heteroatoms. The molecule has 1 rings (SSSR count). The van der Waals surface area contributed by atoms with Crippen molar-refractivity contribution in [2.45, 2.75) is 13.3 Å². The Labute approximate surface area is 102 Å². The van der Waals surface area contributed by atoms with Gasteiger partial charge >= 0.3 is 0 Å². The number of aromatic amines is 1. The van der Waals surface area contributed by atoms with E-state index in [1.807, 2.05) is 22.6 Å². The van der Waals surface area contributed by atoms with Gasteiger partial charge in [-0.15, -0.1) is 0 Å². The first kappa shape index (κ1) is 12.4. The highest BCUT2D eigenvalue weighted by Gasteiger charge is 2.05. The Morgan fingerprint density at radius 3 is 3.13 bits per heavy atom. The number of H-pyrrole nitrogens is 1. The molecule has 0 fully saturated rings. The molecule has 0 aliphatic rings. The first-order chi connectivity index (χ1) is 7.25. The molecule has 84 valence electrons. The van der Waals surface area contributed by atoms with Gasteiger partial charge < -0.3 is 15.0 Å². The summed E-state index contributed by atoms with van der Waals surface area (Å²) in [5.41, 5.74) is -0.165. The van der Waals surface area contributed by atoms with Gasteiger partial charge in [-0.2, -0.15) is 0 Å². The second-order valence-electron chi connectivity index (χ2n) is 2.95. The quantitative estimate of drug-likeness (QED) is 0.599. The minimum atomic E-state index is -0.165. The van der Waals surface area contributed by atoms with Gasteiger partial charge in [-0.25, -0.2) is 4.98 Å². The van der Waals surface area contributed by atoms with Gasteiger partial charge in [0.2, 0.25) is 5.88 Å². The number of hydrogen-bond acceptors (Lipinski definition) is 4. The number of ether oxygens (including phenoxy) is 1. The molecule has 0 unspecified atom stereocenters. The van der Waals surface area contributed by atoms with Crippen molar-refractivity contribution in [3.05, 3.63) is 20.3 Å². The van der Waals surface area contributed by atoms with Crippen molar-refractivity contribution in [3.8, 4) is 5.88 Å². The van der Waals surface area contributed by atoms with E-state index in [9.17, 15) is 4.79 Å². The zero-order valence-electron chi connectivity index (χ0n) is 8.55. The lowest BCUT2D eigenvalue weighted by molar-refractivity contribution is 0.299. The monoisotopic (exact) mass is 323 g/mol. The van der Waals surface area contributed by atoms with Crippen molar-refractivity contribution in [2.75, 3.05) is 19.7 Å². The highest BCUT2D eigenvalue weighted by atomic mass is 127. The third-order valence-corrected chi connectivity index (χ3v) is 2.66. The van der Waals surface area contributed by atoms with E-state index in [0.29, 0.717) is 16.1 Å². The van der Waals surface area contributed by atoms with Gasteiger partial charge in [0.1, 0.15) is 10.2 Å². The number of nitrogens with one attached hydrogen (secondary N) is 2. The molecular formula is C9H14IN3O2. The van der Waals surface area contributed by atoms with Crippen LogP contribution in [0.1, 0.15) is 13.3 Å². The topological polar surface area (TPSA) is 67.0 Å². The summed E-state index contributed by atoms with van der Waals surface area (Å²) in [5, 5.41) is 3.20. The Kier molecular flexibility index (Phi) is 5.62. The van der Waals surface area contributed by atoms with Crippen LogP contribution >= 0.6 is 22.6 Å². The van der Waals surface area contributed by atoms with Crippen LogP contribution in [0.15, 0.2) is 11.1 Å². The van der Waals surface area contributed by atoms with Gasteiger partial charge in [0.15, 0.2) is 0 Å². The molecule has 0 aromatic carbocycles. The fraction of sp³-hybridized carbons (Fsp3) is 0.556. The summed E-state index contributed by atoms with van der Waals surface area (Å²) in [5.74, 6) is 0.401. The van der Waals surface area contributed by atoms with E-state index in [4.69, 9.17) is 4.74 Å². The van der Waals surface area contributed by atoms with Gasteiger partial charge in [-0.3, -0.25) is 4.79 Å². The average Bonchev–Trinajstić information content (AvgIpc) is 2.24. The van der Waals surface area contributed by atoms with Crippen molar-refractivity contribution in [3.63, 3.8) is 0 Å². The lowest BCUT2D eigenvalue weighted by Crippen LogP contribution is -2.23. The van der Waals surface area contributed by atoms with Crippen LogP contribution in [0.4, 0.5) is 0 Å². The Morgan fingerprint density at radius 1 is 1.60 bits per heavy atom.